The predicted molar refractivity (Wildman–Crippen MR) is 111 cm³/mol. The summed E-state index contributed by atoms with van der Waals surface area (Å²) in [6.07, 6.45) is -4.47. The van der Waals surface area contributed by atoms with E-state index in [-0.39, 0.29) is 22.8 Å². The minimum absolute atomic E-state index is 0.0197. The molecule has 31 heavy (non-hydrogen) atoms. The van der Waals surface area contributed by atoms with Gasteiger partial charge < -0.3 is 15.4 Å². The van der Waals surface area contributed by atoms with Gasteiger partial charge in [0.2, 0.25) is 5.91 Å². The number of hydrogen-bond donors (Lipinski definition) is 2. The van der Waals surface area contributed by atoms with E-state index in [0.29, 0.717) is 18.0 Å². The van der Waals surface area contributed by atoms with E-state index in [2.05, 4.69) is 15.6 Å². The molecule has 0 spiro atoms. The summed E-state index contributed by atoms with van der Waals surface area (Å²) in [5.74, 6) is -0.365. The van der Waals surface area contributed by atoms with Gasteiger partial charge in [0, 0.05) is 16.6 Å². The summed E-state index contributed by atoms with van der Waals surface area (Å²) in [5.41, 5.74) is 0.0266. The van der Waals surface area contributed by atoms with Crippen LogP contribution in [-0.2, 0) is 11.0 Å². The van der Waals surface area contributed by atoms with Gasteiger partial charge in [-0.15, -0.1) is 11.3 Å². The van der Waals surface area contributed by atoms with Gasteiger partial charge in [0.15, 0.2) is 0 Å². The van der Waals surface area contributed by atoms with Gasteiger partial charge >= 0.3 is 6.18 Å². The Bertz CT molecular complexity index is 1070. The molecule has 2 amide bonds. The van der Waals surface area contributed by atoms with Gasteiger partial charge in [-0.1, -0.05) is 12.1 Å². The maximum atomic E-state index is 12.9. The summed E-state index contributed by atoms with van der Waals surface area (Å²) in [6.45, 7) is 2.11. The molecule has 0 unspecified atom stereocenters. The molecule has 0 saturated heterocycles. The zero-order chi connectivity index (χ0) is 22.4. The highest BCUT2D eigenvalue weighted by Gasteiger charge is 2.30. The van der Waals surface area contributed by atoms with Crippen LogP contribution in [0.2, 0.25) is 0 Å². The molecule has 0 fully saturated rings. The number of thiazole rings is 1. The Hall–Kier alpha value is -3.40. The number of benzene rings is 2. The molecule has 2 aromatic carbocycles. The van der Waals surface area contributed by atoms with E-state index in [1.165, 1.54) is 17.5 Å². The van der Waals surface area contributed by atoms with E-state index >= 15 is 0 Å². The molecule has 0 aliphatic carbocycles. The van der Waals surface area contributed by atoms with Crippen molar-refractivity contribution in [3.8, 4) is 16.3 Å². The Labute approximate surface area is 180 Å². The summed E-state index contributed by atoms with van der Waals surface area (Å²) in [4.78, 5) is 28.4. The number of carbonyl (C=O) groups is 2. The van der Waals surface area contributed by atoms with Gasteiger partial charge in [-0.3, -0.25) is 9.59 Å². The fraction of sp³-hybridized carbons (Fsp3) is 0.190. The van der Waals surface area contributed by atoms with Gasteiger partial charge in [-0.05, 0) is 43.3 Å². The van der Waals surface area contributed by atoms with E-state index in [0.717, 1.165) is 23.5 Å². The van der Waals surface area contributed by atoms with Crippen LogP contribution < -0.4 is 15.4 Å². The van der Waals surface area contributed by atoms with E-state index in [9.17, 15) is 22.8 Å². The Balaban J connectivity index is 1.57. The summed E-state index contributed by atoms with van der Waals surface area (Å²) >= 11 is 1.04. The molecule has 0 aliphatic heterocycles. The first kappa shape index (κ1) is 22.3. The van der Waals surface area contributed by atoms with E-state index in [4.69, 9.17) is 4.74 Å². The third-order valence-corrected chi connectivity index (χ3v) is 4.92. The second kappa shape index (κ2) is 9.61. The minimum atomic E-state index is -4.47. The van der Waals surface area contributed by atoms with Crippen LogP contribution in [-0.4, -0.2) is 29.9 Å². The summed E-state index contributed by atoms with van der Waals surface area (Å²) in [6, 6.07) is 11.5. The molecule has 1 heterocycles. The highest BCUT2D eigenvalue weighted by molar-refractivity contribution is 7.13. The molecular formula is C21H18F3N3O3S. The fourth-order valence-electron chi connectivity index (χ4n) is 2.60. The van der Waals surface area contributed by atoms with Crippen molar-refractivity contribution in [2.45, 2.75) is 13.1 Å². The van der Waals surface area contributed by atoms with Crippen LogP contribution in [0.4, 0.5) is 18.9 Å². The van der Waals surface area contributed by atoms with Crippen molar-refractivity contribution in [2.75, 3.05) is 18.5 Å². The Morgan fingerprint density at radius 2 is 1.87 bits per heavy atom. The lowest BCUT2D eigenvalue weighted by molar-refractivity contribution is -0.137. The highest BCUT2D eigenvalue weighted by atomic mass is 32.1. The topological polar surface area (TPSA) is 80.3 Å². The predicted octanol–water partition coefficient (Wildman–Crippen LogP) is 4.60. The first-order chi connectivity index (χ1) is 14.8. The molecule has 162 valence electrons. The molecule has 6 nitrogen and oxygen atoms in total. The number of nitrogens with zero attached hydrogens (tertiary/aromatic N) is 1. The molecule has 0 radical (unpaired) electrons. The first-order valence-corrected chi connectivity index (χ1v) is 10.1. The lowest BCUT2D eigenvalue weighted by atomic mass is 10.1. The zero-order valence-electron chi connectivity index (χ0n) is 16.3. The monoisotopic (exact) mass is 449 g/mol. The van der Waals surface area contributed by atoms with E-state index in [1.807, 2.05) is 6.92 Å². The number of anilines is 1. The van der Waals surface area contributed by atoms with Crippen molar-refractivity contribution in [2.24, 2.45) is 0 Å². The van der Waals surface area contributed by atoms with Crippen LogP contribution in [0.5, 0.6) is 5.75 Å². The lowest BCUT2D eigenvalue weighted by Crippen LogP contribution is -2.33. The van der Waals surface area contributed by atoms with Crippen LogP contribution in [0, 0.1) is 0 Å². The second-order valence-corrected chi connectivity index (χ2v) is 7.16. The third kappa shape index (κ3) is 6.05. The molecular weight excluding hydrogens is 431 g/mol. The number of aromatic nitrogens is 1. The Morgan fingerprint density at radius 1 is 1.13 bits per heavy atom. The fourth-order valence-corrected chi connectivity index (χ4v) is 3.39. The average Bonchev–Trinajstić information content (AvgIpc) is 3.24. The van der Waals surface area contributed by atoms with Crippen LogP contribution in [0.25, 0.3) is 10.6 Å². The normalized spacial score (nSPS) is 11.1. The molecule has 0 saturated carbocycles. The van der Waals surface area contributed by atoms with Crippen LogP contribution in [0.15, 0.2) is 53.9 Å². The van der Waals surface area contributed by atoms with E-state index in [1.54, 1.807) is 24.3 Å². The van der Waals surface area contributed by atoms with Crippen molar-refractivity contribution >= 4 is 28.8 Å². The number of ether oxygens (including phenoxy) is 1. The lowest BCUT2D eigenvalue weighted by Gasteiger charge is -2.08. The van der Waals surface area contributed by atoms with Crippen molar-refractivity contribution < 1.29 is 27.5 Å². The van der Waals surface area contributed by atoms with Gasteiger partial charge in [-0.2, -0.15) is 13.2 Å². The summed E-state index contributed by atoms with van der Waals surface area (Å²) < 4.78 is 44.0. The van der Waals surface area contributed by atoms with E-state index < -0.39 is 23.6 Å². The summed E-state index contributed by atoms with van der Waals surface area (Å²) in [5, 5.41) is 6.77. The Kier molecular flexibility index (Phi) is 6.91. The molecule has 1 aromatic heterocycles. The van der Waals surface area contributed by atoms with Gasteiger partial charge in [0.25, 0.3) is 5.91 Å². The molecule has 0 bridgehead atoms. The minimum Gasteiger partial charge on any atom is -0.494 e. The van der Waals surface area contributed by atoms with Crippen LogP contribution in [0.1, 0.15) is 23.0 Å². The number of alkyl halides is 3. The molecule has 2 N–H and O–H groups in total. The first-order valence-electron chi connectivity index (χ1n) is 9.20. The maximum absolute atomic E-state index is 12.9. The zero-order valence-corrected chi connectivity index (χ0v) is 17.1. The number of halogens is 3. The van der Waals surface area contributed by atoms with Crippen molar-refractivity contribution in [3.05, 3.63) is 65.2 Å². The summed E-state index contributed by atoms with van der Waals surface area (Å²) in [7, 11) is 0. The van der Waals surface area contributed by atoms with Crippen LogP contribution in [0.3, 0.4) is 0 Å². The Morgan fingerprint density at radius 3 is 2.55 bits per heavy atom. The highest BCUT2D eigenvalue weighted by Crippen LogP contribution is 2.33. The third-order valence-electron chi connectivity index (χ3n) is 4.03. The largest absolute Gasteiger partial charge is 0.494 e. The number of hydrogen-bond acceptors (Lipinski definition) is 5. The maximum Gasteiger partial charge on any atom is 0.416 e. The standard InChI is InChI=1S/C21H18F3N3O3S/c1-2-30-16-8-6-15(7-9-16)26-18(28)11-25-19(29)17-12-31-20(27-17)13-4-3-5-14(10-13)21(22,23)24/h3-10,12H,2,11H2,1H3,(H,25,29)(H,26,28). The molecule has 0 aliphatic rings. The molecule has 3 rings (SSSR count). The average molecular weight is 449 g/mol. The molecule has 10 heteroatoms. The smallest absolute Gasteiger partial charge is 0.416 e. The van der Waals surface area contributed by atoms with Crippen LogP contribution >= 0.6 is 11.3 Å². The molecule has 3 aromatic rings. The number of nitrogens with one attached hydrogen (secondary N) is 2. The SMILES string of the molecule is CCOc1ccc(NC(=O)CNC(=O)c2csc(-c3cccc(C(F)(F)F)c3)n2)cc1. The van der Waals surface area contributed by atoms with Gasteiger partial charge in [0.1, 0.15) is 16.5 Å². The van der Waals surface area contributed by atoms with Gasteiger partial charge in [-0.25, -0.2) is 4.98 Å². The van der Waals surface area contributed by atoms with Crippen molar-refractivity contribution in [1.82, 2.24) is 10.3 Å². The molecule has 0 atom stereocenters. The van der Waals surface area contributed by atoms with Crippen molar-refractivity contribution in [1.29, 1.82) is 0 Å². The number of carbonyl (C=O) groups excluding carboxylic acids is 2. The number of amides is 2. The van der Waals surface area contributed by atoms with Gasteiger partial charge in [0.05, 0.1) is 18.7 Å². The van der Waals surface area contributed by atoms with Crippen molar-refractivity contribution in [3.63, 3.8) is 0 Å². The number of rotatable bonds is 7. The quantitative estimate of drug-likeness (QED) is 0.553. The second-order valence-electron chi connectivity index (χ2n) is 6.30.